The molecule has 2 aromatic carbocycles. The van der Waals surface area contributed by atoms with Crippen LogP contribution in [0.4, 0.5) is 5.69 Å². The Balaban J connectivity index is 1.27. The van der Waals surface area contributed by atoms with Crippen molar-refractivity contribution >= 4 is 23.1 Å². The SMILES string of the molecule is O=C(CNC(=O)c1ccccc1)Nc1ccc(-c2ccc3nnc(-c4ccncc4)n3n2)cc1. The minimum atomic E-state index is -0.317. The quantitative estimate of drug-likeness (QED) is 0.411. The van der Waals surface area contributed by atoms with Crippen LogP contribution in [0.25, 0.3) is 28.3 Å². The second kappa shape index (κ2) is 9.29. The first kappa shape index (κ1) is 21.0. The molecule has 34 heavy (non-hydrogen) atoms. The van der Waals surface area contributed by atoms with Gasteiger partial charge in [0.1, 0.15) is 0 Å². The zero-order valence-corrected chi connectivity index (χ0v) is 17.9. The molecule has 9 nitrogen and oxygen atoms in total. The number of nitrogens with one attached hydrogen (secondary N) is 2. The number of hydrogen-bond donors (Lipinski definition) is 2. The van der Waals surface area contributed by atoms with Gasteiger partial charge in [-0.15, -0.1) is 10.2 Å². The minimum Gasteiger partial charge on any atom is -0.343 e. The van der Waals surface area contributed by atoms with E-state index in [0.717, 1.165) is 16.8 Å². The Morgan fingerprint density at radius 1 is 0.794 bits per heavy atom. The van der Waals surface area contributed by atoms with Crippen molar-refractivity contribution in [3.05, 3.63) is 96.8 Å². The molecule has 0 spiro atoms. The van der Waals surface area contributed by atoms with E-state index in [9.17, 15) is 9.59 Å². The molecule has 0 aliphatic rings. The molecule has 0 unspecified atom stereocenters. The van der Waals surface area contributed by atoms with Crippen LogP contribution in [0.1, 0.15) is 10.4 Å². The average molecular weight is 449 g/mol. The van der Waals surface area contributed by atoms with Crippen molar-refractivity contribution in [3.8, 4) is 22.6 Å². The third-order valence-electron chi connectivity index (χ3n) is 5.11. The molecule has 2 amide bonds. The largest absolute Gasteiger partial charge is 0.343 e. The predicted octanol–water partition coefficient (Wildman–Crippen LogP) is 3.22. The number of rotatable bonds is 6. The van der Waals surface area contributed by atoms with Crippen LogP contribution in [0.15, 0.2) is 91.3 Å². The lowest BCUT2D eigenvalue weighted by Gasteiger charge is -2.08. The van der Waals surface area contributed by atoms with Crippen molar-refractivity contribution in [3.63, 3.8) is 0 Å². The molecule has 3 aromatic heterocycles. The molecule has 0 aliphatic heterocycles. The van der Waals surface area contributed by atoms with Crippen molar-refractivity contribution < 1.29 is 9.59 Å². The molecular formula is C25H19N7O2. The molecule has 0 saturated carbocycles. The van der Waals surface area contributed by atoms with E-state index in [1.807, 2.05) is 42.5 Å². The number of carbonyl (C=O) groups excluding carboxylic acids is 2. The van der Waals surface area contributed by atoms with Crippen molar-refractivity contribution in [1.29, 1.82) is 0 Å². The van der Waals surface area contributed by atoms with Gasteiger partial charge in [-0.3, -0.25) is 14.6 Å². The van der Waals surface area contributed by atoms with Gasteiger partial charge in [-0.2, -0.15) is 9.61 Å². The van der Waals surface area contributed by atoms with Crippen LogP contribution in [0.2, 0.25) is 0 Å². The Kier molecular flexibility index (Phi) is 5.73. The summed E-state index contributed by atoms with van der Waals surface area (Å²) in [4.78, 5) is 28.3. The second-order valence-corrected chi connectivity index (χ2v) is 7.42. The Bertz CT molecular complexity index is 1450. The molecule has 166 valence electrons. The summed E-state index contributed by atoms with van der Waals surface area (Å²) in [5.74, 6) is 0.0106. The zero-order chi connectivity index (χ0) is 23.3. The van der Waals surface area contributed by atoms with Crippen LogP contribution in [0.3, 0.4) is 0 Å². The summed E-state index contributed by atoms with van der Waals surface area (Å²) in [5, 5.41) is 18.5. The lowest BCUT2D eigenvalue weighted by Crippen LogP contribution is -2.32. The number of amides is 2. The number of anilines is 1. The predicted molar refractivity (Wildman–Crippen MR) is 127 cm³/mol. The number of benzene rings is 2. The first-order valence-corrected chi connectivity index (χ1v) is 10.5. The smallest absolute Gasteiger partial charge is 0.251 e. The van der Waals surface area contributed by atoms with E-state index in [4.69, 9.17) is 0 Å². The molecule has 3 heterocycles. The Hall–Kier alpha value is -4.92. The molecule has 5 aromatic rings. The topological polar surface area (TPSA) is 114 Å². The van der Waals surface area contributed by atoms with Gasteiger partial charge in [-0.1, -0.05) is 30.3 Å². The molecule has 0 saturated heterocycles. The van der Waals surface area contributed by atoms with E-state index in [2.05, 4.69) is 30.9 Å². The van der Waals surface area contributed by atoms with Gasteiger partial charge in [-0.25, -0.2) is 0 Å². The van der Waals surface area contributed by atoms with Gasteiger partial charge in [0.15, 0.2) is 11.5 Å². The Labute approximate surface area is 194 Å². The monoisotopic (exact) mass is 449 g/mol. The van der Waals surface area contributed by atoms with Gasteiger partial charge >= 0.3 is 0 Å². The maximum Gasteiger partial charge on any atom is 0.251 e. The lowest BCUT2D eigenvalue weighted by atomic mass is 10.1. The van der Waals surface area contributed by atoms with Crippen LogP contribution in [-0.2, 0) is 4.79 Å². The highest BCUT2D eigenvalue weighted by Crippen LogP contribution is 2.22. The fourth-order valence-corrected chi connectivity index (χ4v) is 3.41. The average Bonchev–Trinajstić information content (AvgIpc) is 3.32. The molecule has 5 rings (SSSR count). The van der Waals surface area contributed by atoms with Gasteiger partial charge in [0, 0.05) is 34.8 Å². The molecule has 0 atom stereocenters. The van der Waals surface area contributed by atoms with Crippen LogP contribution >= 0.6 is 0 Å². The van der Waals surface area contributed by atoms with Gasteiger partial charge in [-0.05, 0) is 48.5 Å². The van der Waals surface area contributed by atoms with E-state index in [-0.39, 0.29) is 18.4 Å². The van der Waals surface area contributed by atoms with Gasteiger partial charge < -0.3 is 10.6 Å². The molecule has 0 aliphatic carbocycles. The van der Waals surface area contributed by atoms with Crippen molar-refractivity contribution in [1.82, 2.24) is 30.1 Å². The molecule has 2 N–H and O–H groups in total. The highest BCUT2D eigenvalue weighted by atomic mass is 16.2. The molecular weight excluding hydrogens is 430 g/mol. The van der Waals surface area contributed by atoms with Gasteiger partial charge in [0.2, 0.25) is 5.91 Å². The van der Waals surface area contributed by atoms with Crippen molar-refractivity contribution in [2.24, 2.45) is 0 Å². The first-order chi connectivity index (χ1) is 16.7. The summed E-state index contributed by atoms with van der Waals surface area (Å²) < 4.78 is 1.69. The van der Waals surface area contributed by atoms with E-state index in [1.54, 1.807) is 53.3 Å². The lowest BCUT2D eigenvalue weighted by molar-refractivity contribution is -0.115. The highest BCUT2D eigenvalue weighted by molar-refractivity contribution is 5.99. The van der Waals surface area contributed by atoms with Crippen LogP contribution in [0, 0.1) is 0 Å². The molecule has 0 bridgehead atoms. The van der Waals surface area contributed by atoms with E-state index in [0.29, 0.717) is 22.7 Å². The Morgan fingerprint density at radius 2 is 1.56 bits per heavy atom. The molecule has 0 fully saturated rings. The maximum absolute atomic E-state index is 12.2. The fraction of sp³-hybridized carbons (Fsp3) is 0.0400. The third kappa shape index (κ3) is 4.49. The highest BCUT2D eigenvalue weighted by Gasteiger charge is 2.11. The summed E-state index contributed by atoms with van der Waals surface area (Å²) in [5.41, 5.74) is 4.22. The molecule has 0 radical (unpaired) electrons. The standard InChI is InChI=1S/C25H19N7O2/c33-23(16-27-25(34)19-4-2-1-3-5-19)28-20-8-6-17(7-9-20)21-10-11-22-29-30-24(32(22)31-21)18-12-14-26-15-13-18/h1-15H,16H2,(H,27,34)(H,28,33). The zero-order valence-electron chi connectivity index (χ0n) is 17.9. The summed E-state index contributed by atoms with van der Waals surface area (Å²) in [6, 6.07) is 23.5. The van der Waals surface area contributed by atoms with Crippen molar-refractivity contribution in [2.45, 2.75) is 0 Å². The third-order valence-corrected chi connectivity index (χ3v) is 5.11. The summed E-state index contributed by atoms with van der Waals surface area (Å²) >= 11 is 0. The van der Waals surface area contributed by atoms with E-state index >= 15 is 0 Å². The van der Waals surface area contributed by atoms with Gasteiger partial charge in [0.05, 0.1) is 12.2 Å². The van der Waals surface area contributed by atoms with Crippen LogP contribution < -0.4 is 10.6 Å². The summed E-state index contributed by atoms with van der Waals surface area (Å²) in [7, 11) is 0. The first-order valence-electron chi connectivity index (χ1n) is 10.5. The molecule has 9 heteroatoms. The number of nitrogens with zero attached hydrogens (tertiary/aromatic N) is 5. The van der Waals surface area contributed by atoms with Crippen LogP contribution in [0.5, 0.6) is 0 Å². The number of hydrogen-bond acceptors (Lipinski definition) is 6. The van der Waals surface area contributed by atoms with Crippen LogP contribution in [-0.4, -0.2) is 43.2 Å². The van der Waals surface area contributed by atoms with E-state index < -0.39 is 0 Å². The van der Waals surface area contributed by atoms with E-state index in [1.165, 1.54) is 0 Å². The fourth-order valence-electron chi connectivity index (χ4n) is 3.41. The number of carbonyl (C=O) groups is 2. The number of pyridine rings is 1. The summed E-state index contributed by atoms with van der Waals surface area (Å²) in [6.45, 7) is -0.126. The van der Waals surface area contributed by atoms with Crippen molar-refractivity contribution in [2.75, 3.05) is 11.9 Å². The number of fused-ring (bicyclic) bond motifs is 1. The minimum absolute atomic E-state index is 0.126. The Morgan fingerprint density at radius 3 is 2.32 bits per heavy atom. The van der Waals surface area contributed by atoms with Gasteiger partial charge in [0.25, 0.3) is 5.91 Å². The maximum atomic E-state index is 12.2. The number of aromatic nitrogens is 5. The summed E-state index contributed by atoms with van der Waals surface area (Å²) in [6.07, 6.45) is 3.39. The normalized spacial score (nSPS) is 10.7. The second-order valence-electron chi connectivity index (χ2n) is 7.42.